The van der Waals surface area contributed by atoms with Gasteiger partial charge in [0.25, 0.3) is 0 Å². The van der Waals surface area contributed by atoms with Gasteiger partial charge in [-0.2, -0.15) is 0 Å². The molecule has 0 heterocycles. The van der Waals surface area contributed by atoms with Gasteiger partial charge in [0.15, 0.2) is 0 Å². The first-order valence-corrected chi connectivity index (χ1v) is 8.55. The lowest BCUT2D eigenvalue weighted by atomic mass is 10.2. The summed E-state index contributed by atoms with van der Waals surface area (Å²) in [5, 5.41) is 1.90. The highest BCUT2D eigenvalue weighted by Crippen LogP contribution is 2.39. The van der Waals surface area contributed by atoms with Crippen LogP contribution in [0.4, 0.5) is 0 Å². The van der Waals surface area contributed by atoms with E-state index in [0.29, 0.717) is 5.04 Å². The van der Waals surface area contributed by atoms with E-state index in [-0.39, 0.29) is 0 Å². The van der Waals surface area contributed by atoms with E-state index < -0.39 is 8.80 Å². The Labute approximate surface area is 105 Å². The van der Waals surface area contributed by atoms with E-state index in [1.807, 2.05) is 0 Å². The summed E-state index contributed by atoms with van der Waals surface area (Å²) in [5.74, 6) is 0. The molecular formula is C14H31NSi. The Morgan fingerprint density at radius 1 is 1.19 bits per heavy atom. The first kappa shape index (κ1) is 15.8. The van der Waals surface area contributed by atoms with Crippen molar-refractivity contribution in [1.82, 2.24) is 4.90 Å². The van der Waals surface area contributed by atoms with Crippen molar-refractivity contribution in [3.8, 4) is 0 Å². The summed E-state index contributed by atoms with van der Waals surface area (Å²) in [5.41, 5.74) is 0.841. The molecule has 0 bridgehead atoms. The molecule has 0 aliphatic heterocycles. The molecule has 0 aromatic rings. The van der Waals surface area contributed by atoms with Crippen LogP contribution in [0.2, 0.25) is 10.6 Å². The van der Waals surface area contributed by atoms with Gasteiger partial charge in [-0.1, -0.05) is 47.6 Å². The SMILES string of the molecule is C=C(N(CC)CC)[SiH](C(C)CC)C(C)(C)C. The predicted molar refractivity (Wildman–Crippen MR) is 78.6 cm³/mol. The summed E-state index contributed by atoms with van der Waals surface area (Å²) in [6, 6.07) is 0. The quantitative estimate of drug-likeness (QED) is 0.630. The van der Waals surface area contributed by atoms with Crippen LogP contribution in [0.3, 0.4) is 0 Å². The van der Waals surface area contributed by atoms with Crippen molar-refractivity contribution in [2.24, 2.45) is 0 Å². The highest BCUT2D eigenvalue weighted by Gasteiger charge is 2.34. The third-order valence-electron chi connectivity index (χ3n) is 3.67. The smallest absolute Gasteiger partial charge is 0.0985 e. The first-order chi connectivity index (χ1) is 7.29. The fourth-order valence-electron chi connectivity index (χ4n) is 2.74. The number of hydrogen-bond acceptors (Lipinski definition) is 1. The van der Waals surface area contributed by atoms with Crippen LogP contribution in [0, 0.1) is 0 Å². The van der Waals surface area contributed by atoms with E-state index >= 15 is 0 Å². The van der Waals surface area contributed by atoms with Gasteiger partial charge in [-0.05, 0) is 29.7 Å². The Kier molecular flexibility index (Phi) is 6.38. The molecule has 0 aromatic carbocycles. The molecule has 2 heteroatoms. The van der Waals surface area contributed by atoms with Gasteiger partial charge in [-0.3, -0.25) is 0 Å². The van der Waals surface area contributed by atoms with Crippen molar-refractivity contribution in [2.75, 3.05) is 13.1 Å². The molecule has 0 aliphatic rings. The molecule has 0 aromatic heterocycles. The van der Waals surface area contributed by atoms with Gasteiger partial charge in [-0.15, -0.1) is 0 Å². The Bertz CT molecular complexity index is 213. The van der Waals surface area contributed by atoms with Crippen LogP contribution < -0.4 is 0 Å². The van der Waals surface area contributed by atoms with E-state index in [0.717, 1.165) is 18.6 Å². The second kappa shape index (κ2) is 6.48. The molecule has 0 aliphatic carbocycles. The summed E-state index contributed by atoms with van der Waals surface area (Å²) < 4.78 is 0. The molecule has 0 saturated heterocycles. The molecule has 0 rings (SSSR count). The molecule has 96 valence electrons. The predicted octanol–water partition coefficient (Wildman–Crippen LogP) is 4.21. The molecule has 1 nitrogen and oxygen atoms in total. The number of nitrogens with zero attached hydrogens (tertiary/aromatic N) is 1. The van der Waals surface area contributed by atoms with Gasteiger partial charge in [-0.25, -0.2) is 0 Å². The van der Waals surface area contributed by atoms with Crippen molar-refractivity contribution >= 4 is 8.80 Å². The maximum Gasteiger partial charge on any atom is 0.0985 e. The molecular weight excluding hydrogens is 210 g/mol. The van der Waals surface area contributed by atoms with E-state index in [2.05, 4.69) is 59.9 Å². The molecule has 2 atom stereocenters. The molecule has 0 fully saturated rings. The molecule has 0 radical (unpaired) electrons. The van der Waals surface area contributed by atoms with Crippen LogP contribution in [0.15, 0.2) is 11.9 Å². The first-order valence-electron chi connectivity index (χ1n) is 6.73. The lowest BCUT2D eigenvalue weighted by molar-refractivity contribution is 0.400. The van der Waals surface area contributed by atoms with E-state index in [9.17, 15) is 0 Å². The minimum absolute atomic E-state index is 0.440. The minimum atomic E-state index is -0.972. The summed E-state index contributed by atoms with van der Waals surface area (Å²) in [6.45, 7) is 23.0. The van der Waals surface area contributed by atoms with Crippen molar-refractivity contribution in [1.29, 1.82) is 0 Å². The van der Waals surface area contributed by atoms with Gasteiger partial charge in [0.2, 0.25) is 0 Å². The van der Waals surface area contributed by atoms with Gasteiger partial charge >= 0.3 is 0 Å². The lowest BCUT2D eigenvalue weighted by Crippen LogP contribution is -2.40. The van der Waals surface area contributed by atoms with Gasteiger partial charge in [0.05, 0.1) is 8.80 Å². The summed E-state index contributed by atoms with van der Waals surface area (Å²) in [6.07, 6.45) is 1.29. The van der Waals surface area contributed by atoms with E-state index in [4.69, 9.17) is 0 Å². The molecule has 2 unspecified atom stereocenters. The van der Waals surface area contributed by atoms with Crippen LogP contribution in [-0.4, -0.2) is 26.8 Å². The molecule has 0 spiro atoms. The standard InChI is InChI=1S/C14H31NSi/c1-9-12(4)16(14(6,7)8)13(5)15(10-2)11-3/h12,16H,5,9-11H2,1-4,6-8H3. The van der Waals surface area contributed by atoms with Gasteiger partial charge in [0.1, 0.15) is 0 Å². The Morgan fingerprint density at radius 3 is 1.88 bits per heavy atom. The average molecular weight is 241 g/mol. The maximum absolute atomic E-state index is 4.42. The van der Waals surface area contributed by atoms with Crippen LogP contribution in [-0.2, 0) is 0 Å². The molecule has 16 heavy (non-hydrogen) atoms. The van der Waals surface area contributed by atoms with Crippen LogP contribution >= 0.6 is 0 Å². The summed E-state index contributed by atoms with van der Waals surface area (Å²) in [7, 11) is -0.972. The fourth-order valence-corrected chi connectivity index (χ4v) is 7.34. The Hall–Kier alpha value is -0.243. The van der Waals surface area contributed by atoms with Crippen LogP contribution in [0.1, 0.15) is 54.9 Å². The van der Waals surface area contributed by atoms with Crippen molar-refractivity contribution in [3.63, 3.8) is 0 Å². The van der Waals surface area contributed by atoms with Crippen molar-refractivity contribution in [3.05, 3.63) is 11.9 Å². The highest BCUT2D eigenvalue weighted by molar-refractivity contribution is 6.70. The summed E-state index contributed by atoms with van der Waals surface area (Å²) in [4.78, 5) is 2.47. The molecule has 0 amide bonds. The zero-order valence-corrected chi connectivity index (χ0v) is 13.6. The largest absolute Gasteiger partial charge is 0.380 e. The minimum Gasteiger partial charge on any atom is -0.380 e. The van der Waals surface area contributed by atoms with Gasteiger partial charge < -0.3 is 4.90 Å². The number of hydrogen-bond donors (Lipinski definition) is 0. The normalized spacial score (nSPS) is 15.7. The van der Waals surface area contributed by atoms with Gasteiger partial charge in [0, 0.05) is 13.1 Å². The second-order valence-corrected chi connectivity index (χ2v) is 10.4. The Morgan fingerprint density at radius 2 is 1.62 bits per heavy atom. The lowest BCUT2D eigenvalue weighted by Gasteiger charge is -2.40. The molecule has 0 saturated carbocycles. The third kappa shape index (κ3) is 3.97. The zero-order chi connectivity index (χ0) is 12.9. The monoisotopic (exact) mass is 241 g/mol. The van der Waals surface area contributed by atoms with Crippen LogP contribution in [0.25, 0.3) is 0 Å². The van der Waals surface area contributed by atoms with Crippen molar-refractivity contribution in [2.45, 2.75) is 65.5 Å². The maximum atomic E-state index is 4.42. The average Bonchev–Trinajstić information content (AvgIpc) is 2.17. The topological polar surface area (TPSA) is 3.24 Å². The zero-order valence-electron chi connectivity index (χ0n) is 12.4. The third-order valence-corrected chi connectivity index (χ3v) is 8.23. The molecule has 0 N–H and O–H groups in total. The van der Waals surface area contributed by atoms with E-state index in [1.165, 1.54) is 11.7 Å². The second-order valence-electron chi connectivity index (χ2n) is 5.89. The van der Waals surface area contributed by atoms with Crippen LogP contribution in [0.5, 0.6) is 0 Å². The summed E-state index contributed by atoms with van der Waals surface area (Å²) >= 11 is 0. The van der Waals surface area contributed by atoms with Crippen molar-refractivity contribution < 1.29 is 0 Å². The fraction of sp³-hybridized carbons (Fsp3) is 0.857. The number of rotatable bonds is 6. The Balaban J connectivity index is 4.97. The highest BCUT2D eigenvalue weighted by atomic mass is 28.3. The van der Waals surface area contributed by atoms with E-state index in [1.54, 1.807) is 0 Å².